The number of carbonyl (C=O) groups is 1. The van der Waals surface area contributed by atoms with Crippen LogP contribution in [0.25, 0.3) is 0 Å². The van der Waals surface area contributed by atoms with Crippen LogP contribution in [0.4, 0.5) is 0 Å². The SMILES string of the molecule is O=C1CCc2c(OS(=O)(=O)CC3CCCCO3)cccc21. The molecule has 0 amide bonds. The van der Waals surface area contributed by atoms with Gasteiger partial charge in [0.05, 0.1) is 6.10 Å². The molecule has 3 rings (SSSR count). The number of carbonyl (C=O) groups excluding carboxylic acids is 1. The van der Waals surface area contributed by atoms with Gasteiger partial charge in [-0.1, -0.05) is 12.1 Å². The lowest BCUT2D eigenvalue weighted by Crippen LogP contribution is -2.30. The average Bonchev–Trinajstić information content (AvgIpc) is 2.82. The topological polar surface area (TPSA) is 69.7 Å². The van der Waals surface area contributed by atoms with Gasteiger partial charge in [-0.3, -0.25) is 4.79 Å². The van der Waals surface area contributed by atoms with Gasteiger partial charge in [0.2, 0.25) is 0 Å². The Morgan fingerprint density at radius 3 is 2.86 bits per heavy atom. The fourth-order valence-corrected chi connectivity index (χ4v) is 4.09. The van der Waals surface area contributed by atoms with E-state index in [9.17, 15) is 13.2 Å². The van der Waals surface area contributed by atoms with Crippen molar-refractivity contribution >= 4 is 15.9 Å². The summed E-state index contributed by atoms with van der Waals surface area (Å²) in [7, 11) is -3.71. The molecule has 6 heteroatoms. The Labute approximate surface area is 124 Å². The van der Waals surface area contributed by atoms with Gasteiger partial charge in [0, 0.05) is 24.2 Å². The molecule has 0 N–H and O–H groups in total. The van der Waals surface area contributed by atoms with Gasteiger partial charge in [0.25, 0.3) is 0 Å². The Kier molecular flexibility index (Phi) is 3.99. The van der Waals surface area contributed by atoms with E-state index in [0.29, 0.717) is 30.6 Å². The van der Waals surface area contributed by atoms with Crippen LogP contribution in [0, 0.1) is 0 Å². The van der Waals surface area contributed by atoms with Crippen LogP contribution in [0.3, 0.4) is 0 Å². The molecule has 0 bridgehead atoms. The first-order valence-corrected chi connectivity index (χ1v) is 8.82. The highest BCUT2D eigenvalue weighted by Gasteiger charge is 2.27. The summed E-state index contributed by atoms with van der Waals surface area (Å²) in [5.41, 5.74) is 1.28. The minimum absolute atomic E-state index is 0.0449. The number of Topliss-reactive ketones (excluding diaryl/α,β-unsaturated/α-hetero) is 1. The van der Waals surface area contributed by atoms with E-state index in [1.807, 2.05) is 0 Å². The number of rotatable bonds is 4. The van der Waals surface area contributed by atoms with Gasteiger partial charge in [0.15, 0.2) is 5.78 Å². The van der Waals surface area contributed by atoms with E-state index in [1.54, 1.807) is 18.2 Å². The second-order valence-electron chi connectivity index (χ2n) is 5.50. The Bertz CT molecular complexity index is 644. The Balaban J connectivity index is 1.75. The first kappa shape index (κ1) is 14.5. The molecule has 1 aromatic rings. The van der Waals surface area contributed by atoms with Crippen LogP contribution in [0.15, 0.2) is 18.2 Å². The van der Waals surface area contributed by atoms with E-state index in [2.05, 4.69) is 0 Å². The number of hydrogen-bond donors (Lipinski definition) is 0. The van der Waals surface area contributed by atoms with Crippen molar-refractivity contribution < 1.29 is 22.1 Å². The van der Waals surface area contributed by atoms with Crippen molar-refractivity contribution in [3.05, 3.63) is 29.3 Å². The van der Waals surface area contributed by atoms with Crippen molar-refractivity contribution in [3.63, 3.8) is 0 Å². The van der Waals surface area contributed by atoms with Gasteiger partial charge in [-0.15, -0.1) is 0 Å². The van der Waals surface area contributed by atoms with Crippen LogP contribution in [-0.2, 0) is 21.3 Å². The lowest BCUT2D eigenvalue weighted by molar-refractivity contribution is 0.0298. The van der Waals surface area contributed by atoms with Crippen LogP contribution in [0.2, 0.25) is 0 Å². The first-order valence-electron chi connectivity index (χ1n) is 7.24. The van der Waals surface area contributed by atoms with Crippen LogP contribution < -0.4 is 4.18 Å². The molecule has 0 saturated carbocycles. The molecule has 1 aliphatic heterocycles. The lowest BCUT2D eigenvalue weighted by atomic mass is 10.1. The van der Waals surface area contributed by atoms with Crippen LogP contribution in [0.1, 0.15) is 41.6 Å². The highest BCUT2D eigenvalue weighted by molar-refractivity contribution is 7.87. The molecule has 5 nitrogen and oxygen atoms in total. The minimum atomic E-state index is -3.71. The summed E-state index contributed by atoms with van der Waals surface area (Å²) in [6.45, 7) is 0.607. The molecule has 1 atom stereocenters. The summed E-state index contributed by atoms with van der Waals surface area (Å²) >= 11 is 0. The molecule has 1 saturated heterocycles. The van der Waals surface area contributed by atoms with E-state index in [1.165, 1.54) is 0 Å². The van der Waals surface area contributed by atoms with E-state index < -0.39 is 10.1 Å². The van der Waals surface area contributed by atoms with Gasteiger partial charge < -0.3 is 8.92 Å². The molecule has 1 aliphatic carbocycles. The number of ketones is 1. The lowest BCUT2D eigenvalue weighted by Gasteiger charge is -2.22. The maximum Gasteiger partial charge on any atom is 0.311 e. The van der Waals surface area contributed by atoms with Crippen molar-refractivity contribution in [1.82, 2.24) is 0 Å². The average molecular weight is 310 g/mol. The minimum Gasteiger partial charge on any atom is -0.382 e. The summed E-state index contributed by atoms with van der Waals surface area (Å²) in [6.07, 6.45) is 3.37. The molecule has 0 aromatic heterocycles. The molecule has 1 fully saturated rings. The van der Waals surface area contributed by atoms with E-state index in [-0.39, 0.29) is 23.4 Å². The number of fused-ring (bicyclic) bond motifs is 1. The fraction of sp³-hybridized carbons (Fsp3) is 0.533. The van der Waals surface area contributed by atoms with Gasteiger partial charge in [-0.25, -0.2) is 0 Å². The Hall–Kier alpha value is -1.40. The quantitative estimate of drug-likeness (QED) is 0.797. The van der Waals surface area contributed by atoms with E-state index in [0.717, 1.165) is 19.3 Å². The Morgan fingerprint density at radius 2 is 2.10 bits per heavy atom. The molecular weight excluding hydrogens is 292 g/mol. The third kappa shape index (κ3) is 3.27. The summed E-state index contributed by atoms with van der Waals surface area (Å²) in [5.74, 6) is 0.197. The van der Waals surface area contributed by atoms with E-state index >= 15 is 0 Å². The van der Waals surface area contributed by atoms with Crippen molar-refractivity contribution in [2.24, 2.45) is 0 Å². The molecule has 2 aliphatic rings. The molecule has 21 heavy (non-hydrogen) atoms. The first-order chi connectivity index (χ1) is 10.1. The van der Waals surface area contributed by atoms with Gasteiger partial charge in [-0.05, 0) is 31.7 Å². The number of benzene rings is 1. The van der Waals surface area contributed by atoms with Crippen LogP contribution in [0.5, 0.6) is 5.75 Å². The molecule has 1 unspecified atom stereocenters. The fourth-order valence-electron chi connectivity index (χ4n) is 2.87. The van der Waals surface area contributed by atoms with Crippen molar-refractivity contribution in [3.8, 4) is 5.75 Å². The standard InChI is InChI=1S/C15H18O5S/c16-14-8-7-13-12(14)5-3-6-15(13)20-21(17,18)10-11-4-1-2-9-19-11/h3,5-6,11H,1-2,4,7-10H2. The van der Waals surface area contributed by atoms with Crippen molar-refractivity contribution in [2.45, 2.75) is 38.2 Å². The number of ether oxygens (including phenoxy) is 1. The summed E-state index contributed by atoms with van der Waals surface area (Å²) in [5, 5.41) is 0. The third-order valence-corrected chi connectivity index (χ3v) is 5.13. The molecule has 0 spiro atoms. The monoisotopic (exact) mass is 310 g/mol. The van der Waals surface area contributed by atoms with Crippen LogP contribution >= 0.6 is 0 Å². The molecule has 1 aromatic carbocycles. The molecule has 0 radical (unpaired) electrons. The largest absolute Gasteiger partial charge is 0.382 e. The normalized spacial score (nSPS) is 22.1. The van der Waals surface area contributed by atoms with Gasteiger partial charge in [0.1, 0.15) is 11.5 Å². The molecule has 1 heterocycles. The summed E-state index contributed by atoms with van der Waals surface area (Å²) in [6, 6.07) is 4.98. The predicted molar refractivity (Wildman–Crippen MR) is 77.1 cm³/mol. The van der Waals surface area contributed by atoms with Crippen molar-refractivity contribution in [1.29, 1.82) is 0 Å². The van der Waals surface area contributed by atoms with Gasteiger partial charge >= 0.3 is 10.1 Å². The number of hydrogen-bond acceptors (Lipinski definition) is 5. The smallest absolute Gasteiger partial charge is 0.311 e. The summed E-state index contributed by atoms with van der Waals surface area (Å²) < 4.78 is 35.0. The third-order valence-electron chi connectivity index (χ3n) is 3.92. The molecule has 114 valence electrons. The summed E-state index contributed by atoms with van der Waals surface area (Å²) in [4.78, 5) is 11.7. The maximum atomic E-state index is 12.2. The zero-order valence-electron chi connectivity index (χ0n) is 11.7. The Morgan fingerprint density at radius 1 is 1.24 bits per heavy atom. The predicted octanol–water partition coefficient (Wildman–Crippen LogP) is 2.09. The second kappa shape index (κ2) is 5.77. The van der Waals surface area contributed by atoms with Crippen molar-refractivity contribution in [2.75, 3.05) is 12.4 Å². The maximum absolute atomic E-state index is 12.2. The zero-order valence-corrected chi connectivity index (χ0v) is 12.5. The van der Waals surface area contributed by atoms with Gasteiger partial charge in [-0.2, -0.15) is 8.42 Å². The zero-order chi connectivity index (χ0) is 14.9. The second-order valence-corrected chi connectivity index (χ2v) is 7.12. The highest BCUT2D eigenvalue weighted by Crippen LogP contribution is 2.31. The molecular formula is C15H18O5S. The highest BCUT2D eigenvalue weighted by atomic mass is 32.2. The van der Waals surface area contributed by atoms with Crippen LogP contribution in [-0.4, -0.2) is 32.7 Å². The van der Waals surface area contributed by atoms with E-state index in [4.69, 9.17) is 8.92 Å².